The van der Waals surface area contributed by atoms with E-state index in [0.29, 0.717) is 0 Å². The molecule has 1 aromatic heterocycles. The van der Waals surface area contributed by atoms with Crippen LogP contribution in [0.15, 0.2) is 18.3 Å². The predicted molar refractivity (Wildman–Crippen MR) is 64.2 cm³/mol. The number of anilines is 1. The molecule has 0 aliphatic rings. The highest BCUT2D eigenvalue weighted by molar-refractivity contribution is 7.90. The first-order valence-electron chi connectivity index (χ1n) is 4.95. The Bertz CT molecular complexity index is 567. The smallest absolute Gasteiger partial charge is 0.339 e. The third kappa shape index (κ3) is 4.50. The van der Waals surface area contributed by atoms with E-state index in [2.05, 4.69) is 10.3 Å². The molecule has 1 rings (SSSR count). The van der Waals surface area contributed by atoms with Gasteiger partial charge in [0.1, 0.15) is 21.2 Å². The number of carboxylic acid groups (broad SMARTS) is 1. The Morgan fingerprint density at radius 1 is 1.44 bits per heavy atom. The molecule has 0 aliphatic heterocycles. The highest BCUT2D eigenvalue weighted by atomic mass is 32.2. The summed E-state index contributed by atoms with van der Waals surface area (Å²) >= 11 is 0. The summed E-state index contributed by atoms with van der Waals surface area (Å²) < 4.78 is 21.7. The topological polar surface area (TPSA) is 113 Å². The van der Waals surface area contributed by atoms with E-state index < -0.39 is 21.7 Å². The molecular weight excluding hydrogens is 260 g/mol. The Balaban J connectivity index is 2.73. The van der Waals surface area contributed by atoms with E-state index in [4.69, 9.17) is 5.11 Å². The van der Waals surface area contributed by atoms with Gasteiger partial charge in [-0.2, -0.15) is 0 Å². The second-order valence-corrected chi connectivity index (χ2v) is 5.89. The van der Waals surface area contributed by atoms with E-state index in [1.165, 1.54) is 18.3 Å². The highest BCUT2D eigenvalue weighted by Crippen LogP contribution is 2.11. The van der Waals surface area contributed by atoms with Crippen LogP contribution >= 0.6 is 0 Å². The van der Waals surface area contributed by atoms with Crippen molar-refractivity contribution in [2.24, 2.45) is 0 Å². The minimum absolute atomic E-state index is 0.0940. The number of pyridine rings is 1. The van der Waals surface area contributed by atoms with Gasteiger partial charge in [0.25, 0.3) is 0 Å². The maximum atomic E-state index is 11.4. The number of carbonyl (C=O) groups excluding carboxylic acids is 1. The van der Waals surface area contributed by atoms with Gasteiger partial charge in [-0.1, -0.05) is 0 Å². The molecule has 0 radical (unpaired) electrons. The normalized spacial score (nSPS) is 10.9. The second-order valence-electron chi connectivity index (χ2n) is 3.63. The van der Waals surface area contributed by atoms with Crippen molar-refractivity contribution in [2.75, 3.05) is 17.3 Å². The minimum atomic E-state index is -3.24. The van der Waals surface area contributed by atoms with Gasteiger partial charge < -0.3 is 10.4 Å². The summed E-state index contributed by atoms with van der Waals surface area (Å²) in [5.74, 6) is -2.21. The van der Waals surface area contributed by atoms with Gasteiger partial charge in [0, 0.05) is 18.9 Å². The highest BCUT2D eigenvalue weighted by Gasteiger charge is 2.14. The second kappa shape index (κ2) is 5.58. The fourth-order valence-electron chi connectivity index (χ4n) is 1.15. The molecular formula is C10H12N2O5S. The first-order chi connectivity index (χ1) is 8.29. The number of hydrogen-bond donors (Lipinski definition) is 2. The van der Waals surface area contributed by atoms with Gasteiger partial charge in [0.05, 0.1) is 5.75 Å². The van der Waals surface area contributed by atoms with Crippen LogP contribution in [0.25, 0.3) is 0 Å². The van der Waals surface area contributed by atoms with E-state index in [-0.39, 0.29) is 23.6 Å². The van der Waals surface area contributed by atoms with Gasteiger partial charge in [-0.3, -0.25) is 4.79 Å². The summed E-state index contributed by atoms with van der Waals surface area (Å²) in [7, 11) is -3.24. The molecule has 0 unspecified atom stereocenters. The Kier molecular flexibility index (Phi) is 4.38. The molecule has 0 aliphatic carbocycles. The molecule has 0 saturated heterocycles. The van der Waals surface area contributed by atoms with Gasteiger partial charge in [-0.25, -0.2) is 18.2 Å². The van der Waals surface area contributed by atoms with E-state index in [1.54, 1.807) is 0 Å². The van der Waals surface area contributed by atoms with Gasteiger partial charge in [-0.05, 0) is 12.1 Å². The average Bonchev–Trinajstić information content (AvgIpc) is 2.26. The first kappa shape index (κ1) is 14.1. The molecule has 98 valence electrons. The monoisotopic (exact) mass is 272 g/mol. The Morgan fingerprint density at radius 2 is 2.11 bits per heavy atom. The van der Waals surface area contributed by atoms with Crippen molar-refractivity contribution < 1.29 is 23.1 Å². The number of hydrogen-bond acceptors (Lipinski definition) is 5. The largest absolute Gasteiger partial charge is 0.478 e. The number of rotatable bonds is 5. The standard InChI is InChI=1S/C10H12N2O5S/c1-18(16,17)6-4-8(13)12-9-7(10(14)15)3-2-5-11-9/h2-3,5H,4,6H2,1H3,(H,14,15)(H,11,12,13). The van der Waals surface area contributed by atoms with Gasteiger partial charge in [0.2, 0.25) is 5.91 Å². The van der Waals surface area contributed by atoms with Gasteiger partial charge in [0.15, 0.2) is 0 Å². The molecule has 8 heteroatoms. The van der Waals surface area contributed by atoms with Crippen molar-refractivity contribution in [3.63, 3.8) is 0 Å². The fraction of sp³-hybridized carbons (Fsp3) is 0.300. The molecule has 0 saturated carbocycles. The van der Waals surface area contributed by atoms with Crippen molar-refractivity contribution in [1.82, 2.24) is 4.98 Å². The van der Waals surface area contributed by atoms with Crippen LogP contribution in [0, 0.1) is 0 Å². The molecule has 0 atom stereocenters. The molecule has 0 aromatic carbocycles. The van der Waals surface area contributed by atoms with Crippen molar-refractivity contribution in [2.45, 2.75) is 6.42 Å². The maximum absolute atomic E-state index is 11.4. The SMILES string of the molecule is CS(=O)(=O)CCC(=O)Nc1ncccc1C(=O)O. The van der Waals surface area contributed by atoms with Crippen LogP contribution < -0.4 is 5.32 Å². The van der Waals surface area contributed by atoms with Crippen LogP contribution in [0.2, 0.25) is 0 Å². The number of aromatic nitrogens is 1. The fourth-order valence-corrected chi connectivity index (χ4v) is 1.71. The molecule has 18 heavy (non-hydrogen) atoms. The number of carboxylic acids is 1. The van der Waals surface area contributed by atoms with Crippen molar-refractivity contribution in [1.29, 1.82) is 0 Å². The average molecular weight is 272 g/mol. The van der Waals surface area contributed by atoms with Crippen LogP contribution in [0.1, 0.15) is 16.8 Å². The first-order valence-corrected chi connectivity index (χ1v) is 7.01. The van der Waals surface area contributed by atoms with Gasteiger partial charge in [-0.15, -0.1) is 0 Å². The zero-order valence-electron chi connectivity index (χ0n) is 9.58. The van der Waals surface area contributed by atoms with Crippen molar-refractivity contribution >= 4 is 27.5 Å². The molecule has 0 fully saturated rings. The van der Waals surface area contributed by atoms with Crippen LogP contribution in [-0.2, 0) is 14.6 Å². The maximum Gasteiger partial charge on any atom is 0.339 e. The molecule has 2 N–H and O–H groups in total. The van der Waals surface area contributed by atoms with Crippen LogP contribution in [-0.4, -0.2) is 42.4 Å². The van der Waals surface area contributed by atoms with Crippen LogP contribution in [0.3, 0.4) is 0 Å². The zero-order valence-corrected chi connectivity index (χ0v) is 10.4. The summed E-state index contributed by atoms with van der Waals surface area (Å²) in [5, 5.41) is 11.1. The van der Waals surface area contributed by atoms with E-state index in [1.807, 2.05) is 0 Å². The molecule has 0 bridgehead atoms. The third-order valence-corrected chi connectivity index (χ3v) is 2.94. The van der Waals surface area contributed by atoms with Crippen molar-refractivity contribution in [3.05, 3.63) is 23.9 Å². The number of carbonyl (C=O) groups is 2. The summed E-state index contributed by atoms with van der Waals surface area (Å²) in [6.45, 7) is 0. The number of sulfone groups is 1. The van der Waals surface area contributed by atoms with E-state index in [9.17, 15) is 18.0 Å². The summed E-state index contributed by atoms with van der Waals surface area (Å²) in [4.78, 5) is 26.0. The molecule has 1 heterocycles. The Morgan fingerprint density at radius 3 is 2.67 bits per heavy atom. The quantitative estimate of drug-likeness (QED) is 0.789. The van der Waals surface area contributed by atoms with Crippen molar-refractivity contribution in [3.8, 4) is 0 Å². The lowest BCUT2D eigenvalue weighted by Gasteiger charge is -2.06. The zero-order chi connectivity index (χ0) is 13.8. The van der Waals surface area contributed by atoms with E-state index >= 15 is 0 Å². The third-order valence-electron chi connectivity index (χ3n) is 2.00. The summed E-state index contributed by atoms with van der Waals surface area (Å²) in [5.41, 5.74) is -0.148. The number of aromatic carboxylic acids is 1. The summed E-state index contributed by atoms with van der Waals surface area (Å²) in [6.07, 6.45) is 2.11. The Hall–Kier alpha value is -1.96. The molecule has 1 aromatic rings. The van der Waals surface area contributed by atoms with Gasteiger partial charge >= 0.3 is 5.97 Å². The van der Waals surface area contributed by atoms with Crippen LogP contribution in [0.4, 0.5) is 5.82 Å². The molecule has 1 amide bonds. The predicted octanol–water partition coefficient (Wildman–Crippen LogP) is 0.153. The molecule has 7 nitrogen and oxygen atoms in total. The lowest BCUT2D eigenvalue weighted by atomic mass is 10.2. The minimum Gasteiger partial charge on any atom is -0.478 e. The Labute approximate surface area is 104 Å². The number of amides is 1. The number of nitrogens with one attached hydrogen (secondary N) is 1. The summed E-state index contributed by atoms with van der Waals surface area (Å²) in [6, 6.07) is 2.72. The lowest BCUT2D eigenvalue weighted by Crippen LogP contribution is -2.19. The van der Waals surface area contributed by atoms with Crippen LogP contribution in [0.5, 0.6) is 0 Å². The number of nitrogens with zero attached hydrogens (tertiary/aromatic N) is 1. The van der Waals surface area contributed by atoms with E-state index in [0.717, 1.165) is 6.26 Å². The lowest BCUT2D eigenvalue weighted by molar-refractivity contribution is -0.115. The molecule has 0 spiro atoms.